The van der Waals surface area contributed by atoms with Crippen molar-refractivity contribution in [1.29, 1.82) is 0 Å². The van der Waals surface area contributed by atoms with E-state index in [0.29, 0.717) is 18.0 Å². The molecule has 1 aliphatic rings. The number of rotatable bonds is 5. The summed E-state index contributed by atoms with van der Waals surface area (Å²) >= 11 is 0. The molecule has 0 radical (unpaired) electrons. The quantitative estimate of drug-likeness (QED) is 0.742. The standard InChI is InChI=1S/C20H23N5O/c1-14-6-7-16(11-21-14)20(26)22-10-15-8-9-25(12-15)13-19-23-17-4-2-3-5-18(17)24-19/h2-7,11,15H,8-10,12-13H2,1H3,(H,22,26)(H,23,24). The first-order chi connectivity index (χ1) is 12.7. The molecule has 3 aromatic rings. The number of aromatic amines is 1. The lowest BCUT2D eigenvalue weighted by Crippen LogP contribution is -2.31. The van der Waals surface area contributed by atoms with Crippen LogP contribution in [0.3, 0.4) is 0 Å². The molecule has 26 heavy (non-hydrogen) atoms. The third-order valence-electron chi connectivity index (χ3n) is 4.91. The van der Waals surface area contributed by atoms with Crippen molar-refractivity contribution < 1.29 is 4.79 Å². The number of hydrogen-bond donors (Lipinski definition) is 2. The van der Waals surface area contributed by atoms with Gasteiger partial charge in [-0.3, -0.25) is 14.7 Å². The van der Waals surface area contributed by atoms with Gasteiger partial charge < -0.3 is 10.3 Å². The molecular weight excluding hydrogens is 326 g/mol. The minimum Gasteiger partial charge on any atom is -0.352 e. The Morgan fingerprint density at radius 1 is 1.31 bits per heavy atom. The van der Waals surface area contributed by atoms with Crippen LogP contribution in [0.15, 0.2) is 42.6 Å². The van der Waals surface area contributed by atoms with Gasteiger partial charge in [0.1, 0.15) is 5.82 Å². The predicted molar refractivity (Wildman–Crippen MR) is 101 cm³/mol. The van der Waals surface area contributed by atoms with Crippen molar-refractivity contribution in [3.8, 4) is 0 Å². The molecule has 1 aliphatic heterocycles. The molecule has 1 saturated heterocycles. The Labute approximate surface area is 152 Å². The number of carbonyl (C=O) groups excluding carboxylic acids is 1. The van der Waals surface area contributed by atoms with Gasteiger partial charge in [0, 0.05) is 25.0 Å². The molecule has 0 bridgehead atoms. The number of aromatic nitrogens is 3. The van der Waals surface area contributed by atoms with Gasteiger partial charge in [-0.25, -0.2) is 4.98 Å². The highest BCUT2D eigenvalue weighted by atomic mass is 16.1. The Hall–Kier alpha value is -2.73. The number of benzene rings is 1. The average molecular weight is 349 g/mol. The zero-order valence-corrected chi connectivity index (χ0v) is 14.9. The van der Waals surface area contributed by atoms with Crippen LogP contribution in [0.4, 0.5) is 0 Å². The number of para-hydroxylation sites is 2. The number of hydrogen-bond acceptors (Lipinski definition) is 4. The number of nitrogens with one attached hydrogen (secondary N) is 2. The fraction of sp³-hybridized carbons (Fsp3) is 0.350. The zero-order chi connectivity index (χ0) is 17.9. The molecular formula is C20H23N5O. The number of nitrogens with zero attached hydrogens (tertiary/aromatic N) is 3. The number of pyridine rings is 1. The van der Waals surface area contributed by atoms with E-state index < -0.39 is 0 Å². The Morgan fingerprint density at radius 3 is 3.00 bits per heavy atom. The van der Waals surface area contributed by atoms with Gasteiger partial charge in [-0.15, -0.1) is 0 Å². The summed E-state index contributed by atoms with van der Waals surface area (Å²) in [5.74, 6) is 1.43. The van der Waals surface area contributed by atoms with Crippen LogP contribution in [0, 0.1) is 12.8 Å². The van der Waals surface area contributed by atoms with Gasteiger partial charge in [-0.05, 0) is 50.1 Å². The van der Waals surface area contributed by atoms with Gasteiger partial charge in [0.05, 0.1) is 23.1 Å². The summed E-state index contributed by atoms with van der Waals surface area (Å²) in [6.45, 7) is 5.44. The molecule has 1 fully saturated rings. The first-order valence-electron chi connectivity index (χ1n) is 9.04. The van der Waals surface area contributed by atoms with E-state index in [4.69, 9.17) is 0 Å². The Kier molecular flexibility index (Phi) is 4.67. The number of carbonyl (C=O) groups is 1. The van der Waals surface area contributed by atoms with Crippen LogP contribution in [-0.2, 0) is 6.54 Å². The molecule has 3 heterocycles. The Bertz CT molecular complexity index is 869. The van der Waals surface area contributed by atoms with Gasteiger partial charge >= 0.3 is 0 Å². The third-order valence-corrected chi connectivity index (χ3v) is 4.91. The van der Waals surface area contributed by atoms with Crippen LogP contribution >= 0.6 is 0 Å². The first-order valence-corrected chi connectivity index (χ1v) is 9.04. The molecule has 0 aliphatic carbocycles. The number of imidazole rings is 1. The SMILES string of the molecule is Cc1ccc(C(=O)NCC2CCN(Cc3nc4ccccc4[nH]3)C2)cn1. The minimum absolute atomic E-state index is 0.0479. The molecule has 2 N–H and O–H groups in total. The van der Waals surface area contributed by atoms with Crippen LogP contribution in [0.5, 0.6) is 0 Å². The number of fused-ring (bicyclic) bond motifs is 1. The summed E-state index contributed by atoms with van der Waals surface area (Å²) in [6, 6.07) is 11.8. The van der Waals surface area contributed by atoms with Crippen molar-refractivity contribution in [2.24, 2.45) is 5.92 Å². The summed E-state index contributed by atoms with van der Waals surface area (Å²) < 4.78 is 0. The lowest BCUT2D eigenvalue weighted by Gasteiger charge is -2.15. The predicted octanol–water partition coefficient (Wildman–Crippen LogP) is 2.52. The van der Waals surface area contributed by atoms with E-state index in [1.807, 2.05) is 43.3 Å². The lowest BCUT2D eigenvalue weighted by molar-refractivity contribution is 0.0947. The van der Waals surface area contributed by atoms with Crippen LogP contribution < -0.4 is 5.32 Å². The van der Waals surface area contributed by atoms with Crippen molar-refractivity contribution in [2.45, 2.75) is 19.9 Å². The number of likely N-dealkylation sites (tertiary alicyclic amines) is 1. The first kappa shape index (κ1) is 16.7. The summed E-state index contributed by atoms with van der Waals surface area (Å²) in [5.41, 5.74) is 3.63. The summed E-state index contributed by atoms with van der Waals surface area (Å²) in [5, 5.41) is 3.04. The molecule has 0 spiro atoms. The van der Waals surface area contributed by atoms with Gasteiger partial charge in [-0.2, -0.15) is 0 Å². The highest BCUT2D eigenvalue weighted by Gasteiger charge is 2.23. The highest BCUT2D eigenvalue weighted by Crippen LogP contribution is 2.19. The van der Waals surface area contributed by atoms with E-state index in [2.05, 4.69) is 25.2 Å². The molecule has 1 unspecified atom stereocenters. The van der Waals surface area contributed by atoms with Crippen LogP contribution in [0.1, 0.15) is 28.3 Å². The number of amides is 1. The second-order valence-corrected chi connectivity index (χ2v) is 6.99. The van der Waals surface area contributed by atoms with Crippen molar-refractivity contribution in [2.75, 3.05) is 19.6 Å². The molecule has 4 rings (SSSR count). The average Bonchev–Trinajstić information content (AvgIpc) is 3.26. The summed E-state index contributed by atoms with van der Waals surface area (Å²) in [6.07, 6.45) is 2.72. The molecule has 134 valence electrons. The second kappa shape index (κ2) is 7.25. The molecule has 1 amide bonds. The minimum atomic E-state index is -0.0479. The Morgan fingerprint density at radius 2 is 2.19 bits per heavy atom. The fourth-order valence-electron chi connectivity index (χ4n) is 3.46. The van der Waals surface area contributed by atoms with Crippen LogP contribution in [0.25, 0.3) is 11.0 Å². The van der Waals surface area contributed by atoms with Gasteiger partial charge in [0.25, 0.3) is 5.91 Å². The normalized spacial score (nSPS) is 17.7. The number of aryl methyl sites for hydroxylation is 1. The topological polar surface area (TPSA) is 73.9 Å². The summed E-state index contributed by atoms with van der Waals surface area (Å²) in [7, 11) is 0. The third kappa shape index (κ3) is 3.75. The van der Waals surface area contributed by atoms with Crippen LogP contribution in [-0.4, -0.2) is 45.4 Å². The zero-order valence-electron chi connectivity index (χ0n) is 14.9. The van der Waals surface area contributed by atoms with Gasteiger partial charge in [-0.1, -0.05) is 12.1 Å². The largest absolute Gasteiger partial charge is 0.352 e. The molecule has 1 atom stereocenters. The van der Waals surface area contributed by atoms with Crippen molar-refractivity contribution in [1.82, 2.24) is 25.2 Å². The fourth-order valence-corrected chi connectivity index (χ4v) is 3.46. The van der Waals surface area contributed by atoms with E-state index in [1.165, 1.54) is 0 Å². The maximum Gasteiger partial charge on any atom is 0.252 e. The maximum atomic E-state index is 12.2. The molecule has 0 saturated carbocycles. The summed E-state index contributed by atoms with van der Waals surface area (Å²) in [4.78, 5) is 26.8. The highest BCUT2D eigenvalue weighted by molar-refractivity contribution is 5.93. The van der Waals surface area contributed by atoms with E-state index in [9.17, 15) is 4.79 Å². The number of H-pyrrole nitrogens is 1. The van der Waals surface area contributed by atoms with Gasteiger partial charge in [0.15, 0.2) is 0 Å². The smallest absolute Gasteiger partial charge is 0.252 e. The van der Waals surface area contributed by atoms with Crippen LogP contribution in [0.2, 0.25) is 0 Å². The van der Waals surface area contributed by atoms with E-state index >= 15 is 0 Å². The molecule has 1 aromatic carbocycles. The van der Waals surface area contributed by atoms with E-state index in [-0.39, 0.29) is 5.91 Å². The maximum absolute atomic E-state index is 12.2. The molecule has 2 aromatic heterocycles. The van der Waals surface area contributed by atoms with Crippen molar-refractivity contribution >= 4 is 16.9 Å². The Balaban J connectivity index is 1.28. The van der Waals surface area contributed by atoms with E-state index in [1.54, 1.807) is 6.20 Å². The molecule has 6 nitrogen and oxygen atoms in total. The lowest BCUT2D eigenvalue weighted by atomic mass is 10.1. The molecule has 6 heteroatoms. The second-order valence-electron chi connectivity index (χ2n) is 6.99. The van der Waals surface area contributed by atoms with Crippen molar-refractivity contribution in [3.63, 3.8) is 0 Å². The van der Waals surface area contributed by atoms with Crippen molar-refractivity contribution in [3.05, 3.63) is 59.7 Å². The monoisotopic (exact) mass is 349 g/mol. The van der Waals surface area contributed by atoms with Gasteiger partial charge in [0.2, 0.25) is 0 Å². The van der Waals surface area contributed by atoms with E-state index in [0.717, 1.165) is 48.6 Å².